The average molecular weight is 314 g/mol. The fraction of sp³-hybridized carbons (Fsp3) is 0.533. The van der Waals surface area contributed by atoms with Gasteiger partial charge in [-0.1, -0.05) is 23.7 Å². The maximum Gasteiger partial charge on any atom is 0.232 e. The van der Waals surface area contributed by atoms with Gasteiger partial charge in [-0.2, -0.15) is 0 Å². The van der Waals surface area contributed by atoms with Gasteiger partial charge in [-0.3, -0.25) is 4.79 Å². The second kappa shape index (κ2) is 7.91. The van der Waals surface area contributed by atoms with Gasteiger partial charge in [0.1, 0.15) is 0 Å². The van der Waals surface area contributed by atoms with Gasteiger partial charge in [0, 0.05) is 30.5 Å². The summed E-state index contributed by atoms with van der Waals surface area (Å²) < 4.78 is 0. The van der Waals surface area contributed by atoms with Crippen LogP contribution in [0.2, 0.25) is 5.02 Å². The molecule has 2 rings (SSSR count). The molecule has 1 heterocycles. The van der Waals surface area contributed by atoms with E-state index in [-0.39, 0.29) is 12.5 Å². The number of thioether (sulfide) groups is 1. The number of halogens is 1. The van der Waals surface area contributed by atoms with E-state index in [0.29, 0.717) is 11.7 Å². The summed E-state index contributed by atoms with van der Waals surface area (Å²) in [5, 5.41) is 9.66. The molecule has 1 fully saturated rings. The Hall–Kier alpha value is -0.710. The first kappa shape index (κ1) is 15.7. The van der Waals surface area contributed by atoms with E-state index in [0.717, 1.165) is 42.3 Å². The molecule has 1 aliphatic rings. The second-order valence-electron chi connectivity index (χ2n) is 5.13. The monoisotopic (exact) mass is 313 g/mol. The minimum absolute atomic E-state index is 0.206. The van der Waals surface area contributed by atoms with Crippen LogP contribution in [0.4, 0.5) is 0 Å². The van der Waals surface area contributed by atoms with Crippen LogP contribution in [0, 0.1) is 5.92 Å². The summed E-state index contributed by atoms with van der Waals surface area (Å²) in [6.45, 7) is 1.86. The van der Waals surface area contributed by atoms with Crippen LogP contribution in [0.15, 0.2) is 24.3 Å². The summed E-state index contributed by atoms with van der Waals surface area (Å²) in [6.07, 6.45) is 1.82. The van der Waals surface area contributed by atoms with Crippen LogP contribution in [-0.2, 0) is 10.5 Å². The summed E-state index contributed by atoms with van der Waals surface area (Å²) in [4.78, 5) is 14.0. The highest BCUT2D eigenvalue weighted by Crippen LogP contribution is 2.21. The molecule has 1 aromatic carbocycles. The molecule has 0 spiro atoms. The molecule has 0 radical (unpaired) electrons. The molecule has 1 aliphatic heterocycles. The predicted molar refractivity (Wildman–Crippen MR) is 84.0 cm³/mol. The van der Waals surface area contributed by atoms with Crippen LogP contribution in [0.25, 0.3) is 0 Å². The van der Waals surface area contributed by atoms with Crippen molar-refractivity contribution in [3.63, 3.8) is 0 Å². The molecule has 5 heteroatoms. The summed E-state index contributed by atoms with van der Waals surface area (Å²) in [5.41, 5.74) is 1.15. The largest absolute Gasteiger partial charge is 0.396 e. The summed E-state index contributed by atoms with van der Waals surface area (Å²) in [7, 11) is 0. The van der Waals surface area contributed by atoms with Gasteiger partial charge in [0.05, 0.1) is 5.75 Å². The number of aliphatic hydroxyl groups is 1. The molecule has 0 aliphatic carbocycles. The molecule has 0 aromatic heterocycles. The first-order chi connectivity index (χ1) is 9.69. The van der Waals surface area contributed by atoms with E-state index in [1.165, 1.54) is 0 Å². The molecule has 0 saturated carbocycles. The van der Waals surface area contributed by atoms with Crippen molar-refractivity contribution < 1.29 is 9.90 Å². The SMILES string of the molecule is O=C(CSCc1cccc(Cl)c1)N1CCC(CCO)C1. The Balaban J connectivity index is 1.70. The number of amides is 1. The number of hydrogen-bond donors (Lipinski definition) is 1. The van der Waals surface area contributed by atoms with Gasteiger partial charge in [-0.25, -0.2) is 0 Å². The van der Waals surface area contributed by atoms with Gasteiger partial charge >= 0.3 is 0 Å². The zero-order valence-electron chi connectivity index (χ0n) is 11.4. The van der Waals surface area contributed by atoms with Crippen LogP contribution in [0.5, 0.6) is 0 Å². The van der Waals surface area contributed by atoms with Crippen molar-refractivity contribution in [2.45, 2.75) is 18.6 Å². The molecule has 20 heavy (non-hydrogen) atoms. The molecule has 1 amide bonds. The first-order valence-corrected chi connectivity index (χ1v) is 8.43. The van der Waals surface area contributed by atoms with Crippen molar-refractivity contribution in [1.82, 2.24) is 4.90 Å². The molecule has 1 saturated heterocycles. The van der Waals surface area contributed by atoms with E-state index >= 15 is 0 Å². The lowest BCUT2D eigenvalue weighted by Gasteiger charge is -2.16. The predicted octanol–water partition coefficient (Wildman–Crippen LogP) is 2.80. The molecule has 1 unspecified atom stereocenters. The third kappa shape index (κ3) is 4.69. The molecule has 1 atom stereocenters. The van der Waals surface area contributed by atoms with Crippen LogP contribution < -0.4 is 0 Å². The van der Waals surface area contributed by atoms with E-state index in [2.05, 4.69) is 0 Å². The Morgan fingerprint density at radius 3 is 3.10 bits per heavy atom. The van der Waals surface area contributed by atoms with Crippen molar-refractivity contribution in [2.24, 2.45) is 5.92 Å². The molecule has 0 bridgehead atoms. The Morgan fingerprint density at radius 1 is 1.50 bits per heavy atom. The van der Waals surface area contributed by atoms with E-state index < -0.39 is 0 Å². The Bertz CT molecular complexity index is 455. The zero-order valence-corrected chi connectivity index (χ0v) is 13.0. The van der Waals surface area contributed by atoms with Crippen LogP contribution in [0.1, 0.15) is 18.4 Å². The van der Waals surface area contributed by atoms with Gasteiger partial charge in [0.15, 0.2) is 0 Å². The summed E-state index contributed by atoms with van der Waals surface area (Å²) in [6, 6.07) is 7.75. The lowest BCUT2D eigenvalue weighted by atomic mass is 10.1. The minimum Gasteiger partial charge on any atom is -0.396 e. The van der Waals surface area contributed by atoms with Crippen LogP contribution in [0.3, 0.4) is 0 Å². The minimum atomic E-state index is 0.206. The lowest BCUT2D eigenvalue weighted by Crippen LogP contribution is -2.30. The van der Waals surface area contributed by atoms with Gasteiger partial charge in [0.2, 0.25) is 5.91 Å². The number of likely N-dealkylation sites (tertiary alicyclic amines) is 1. The molecular weight excluding hydrogens is 294 g/mol. The molecule has 1 N–H and O–H groups in total. The molecule has 3 nitrogen and oxygen atoms in total. The van der Waals surface area contributed by atoms with Gasteiger partial charge in [-0.15, -0.1) is 11.8 Å². The number of nitrogens with zero attached hydrogens (tertiary/aromatic N) is 1. The fourth-order valence-electron chi connectivity index (χ4n) is 2.45. The smallest absolute Gasteiger partial charge is 0.232 e. The van der Waals surface area contributed by atoms with Gasteiger partial charge < -0.3 is 10.0 Å². The Labute approximate surface area is 129 Å². The third-order valence-corrected chi connectivity index (χ3v) is 4.78. The number of carbonyl (C=O) groups is 1. The van der Waals surface area contributed by atoms with Crippen LogP contribution >= 0.6 is 23.4 Å². The van der Waals surface area contributed by atoms with E-state index in [1.807, 2.05) is 29.2 Å². The first-order valence-electron chi connectivity index (χ1n) is 6.90. The fourth-order valence-corrected chi connectivity index (χ4v) is 3.54. The number of benzene rings is 1. The van der Waals surface area contributed by atoms with Gasteiger partial charge in [-0.05, 0) is 36.5 Å². The Kier molecular flexibility index (Phi) is 6.20. The van der Waals surface area contributed by atoms with Crippen molar-refractivity contribution in [2.75, 3.05) is 25.4 Å². The number of aliphatic hydroxyl groups excluding tert-OH is 1. The number of carbonyl (C=O) groups excluding carboxylic acids is 1. The highest BCUT2D eigenvalue weighted by molar-refractivity contribution is 7.99. The lowest BCUT2D eigenvalue weighted by molar-refractivity contribution is -0.127. The van der Waals surface area contributed by atoms with Crippen molar-refractivity contribution >= 4 is 29.3 Å². The second-order valence-corrected chi connectivity index (χ2v) is 6.55. The van der Waals surface area contributed by atoms with Crippen molar-refractivity contribution in [3.8, 4) is 0 Å². The van der Waals surface area contributed by atoms with Crippen molar-refractivity contribution in [1.29, 1.82) is 0 Å². The zero-order chi connectivity index (χ0) is 14.4. The molecule has 110 valence electrons. The quantitative estimate of drug-likeness (QED) is 0.878. The number of hydrogen-bond acceptors (Lipinski definition) is 3. The van der Waals surface area contributed by atoms with E-state index in [1.54, 1.807) is 11.8 Å². The molecule has 1 aromatic rings. The standard InChI is InChI=1S/C15H20ClNO2S/c16-14-3-1-2-13(8-14)10-20-11-15(19)17-6-4-12(9-17)5-7-18/h1-3,8,12,18H,4-7,9-11H2. The normalized spacial score (nSPS) is 18.5. The average Bonchev–Trinajstić information content (AvgIpc) is 2.88. The van der Waals surface area contributed by atoms with E-state index in [4.69, 9.17) is 16.7 Å². The highest BCUT2D eigenvalue weighted by atomic mass is 35.5. The summed E-state index contributed by atoms with van der Waals surface area (Å²) in [5.74, 6) is 2.00. The van der Waals surface area contributed by atoms with Crippen molar-refractivity contribution in [3.05, 3.63) is 34.9 Å². The third-order valence-electron chi connectivity index (χ3n) is 3.56. The Morgan fingerprint density at radius 2 is 2.35 bits per heavy atom. The molecular formula is C15H20ClNO2S. The van der Waals surface area contributed by atoms with Gasteiger partial charge in [0.25, 0.3) is 0 Å². The summed E-state index contributed by atoms with van der Waals surface area (Å²) >= 11 is 7.56. The van der Waals surface area contributed by atoms with Crippen LogP contribution in [-0.4, -0.2) is 41.4 Å². The topological polar surface area (TPSA) is 40.5 Å². The van der Waals surface area contributed by atoms with E-state index in [9.17, 15) is 4.79 Å². The maximum atomic E-state index is 12.1. The number of rotatable bonds is 6. The maximum absolute atomic E-state index is 12.1. The highest BCUT2D eigenvalue weighted by Gasteiger charge is 2.25.